The molecule has 1 aliphatic rings. The third kappa shape index (κ3) is 4.03. The van der Waals surface area contributed by atoms with Crippen LogP contribution in [0.3, 0.4) is 0 Å². The monoisotopic (exact) mass is 392 g/mol. The van der Waals surface area contributed by atoms with E-state index in [9.17, 15) is 9.59 Å². The number of aryl methyl sites for hydroxylation is 1. The van der Waals surface area contributed by atoms with E-state index in [-0.39, 0.29) is 12.5 Å². The largest absolute Gasteiger partial charge is 0.486 e. The molecule has 1 N–H and O–H groups in total. The second-order valence-electron chi connectivity index (χ2n) is 6.12. The van der Waals surface area contributed by atoms with Gasteiger partial charge in [0.1, 0.15) is 19.8 Å². The molecule has 0 atom stereocenters. The van der Waals surface area contributed by atoms with Crippen molar-refractivity contribution in [1.82, 2.24) is 4.57 Å². The zero-order valence-corrected chi connectivity index (χ0v) is 16.2. The molecule has 2 aromatic rings. The van der Waals surface area contributed by atoms with E-state index in [1.165, 1.54) is 0 Å². The fourth-order valence-electron chi connectivity index (χ4n) is 2.95. The molecule has 0 radical (unpaired) electrons. The molecule has 0 spiro atoms. The van der Waals surface area contributed by atoms with E-state index in [0.29, 0.717) is 53.3 Å². The molecule has 1 aromatic heterocycles. The Balaban J connectivity index is 1.76. The molecule has 144 valence electrons. The van der Waals surface area contributed by atoms with Crippen LogP contribution in [-0.2, 0) is 16.1 Å². The second kappa shape index (κ2) is 7.92. The van der Waals surface area contributed by atoms with Gasteiger partial charge in [0.25, 0.3) is 0 Å². The molecule has 0 saturated carbocycles. The predicted octanol–water partition coefficient (Wildman–Crippen LogP) is 3.34. The molecule has 1 aromatic carbocycles. The Bertz CT molecular complexity index is 891. The minimum atomic E-state index is -0.396. The summed E-state index contributed by atoms with van der Waals surface area (Å²) in [6.07, 6.45) is 0. The van der Waals surface area contributed by atoms with Crippen LogP contribution in [0.2, 0.25) is 5.02 Å². The maximum atomic E-state index is 12.5. The highest BCUT2D eigenvalue weighted by molar-refractivity contribution is 6.34. The second-order valence-corrected chi connectivity index (χ2v) is 6.52. The standard InChI is InChI=1S/C19H21ClN2O5/c1-4-25-19(24)13-7-11(2)22(12(13)3)10-18(23)21-15-9-17-16(8-14(15)20)26-5-6-27-17/h7-9H,4-6,10H2,1-3H3,(H,21,23). The summed E-state index contributed by atoms with van der Waals surface area (Å²) in [5.41, 5.74) is 2.37. The lowest BCUT2D eigenvalue weighted by Gasteiger charge is -2.20. The van der Waals surface area contributed by atoms with Crippen molar-refractivity contribution in [3.8, 4) is 11.5 Å². The highest BCUT2D eigenvalue weighted by Crippen LogP contribution is 2.38. The van der Waals surface area contributed by atoms with Gasteiger partial charge in [-0.15, -0.1) is 0 Å². The molecule has 0 aliphatic carbocycles. The topological polar surface area (TPSA) is 78.8 Å². The van der Waals surface area contributed by atoms with Crippen LogP contribution in [0.1, 0.15) is 28.7 Å². The maximum Gasteiger partial charge on any atom is 0.339 e. The van der Waals surface area contributed by atoms with E-state index in [1.54, 1.807) is 36.6 Å². The quantitative estimate of drug-likeness (QED) is 0.789. The molecule has 0 saturated heterocycles. The summed E-state index contributed by atoms with van der Waals surface area (Å²) < 4.78 is 17.8. The Hall–Kier alpha value is -2.67. The Kier molecular flexibility index (Phi) is 5.60. The molecule has 3 rings (SSSR count). The molecule has 0 fully saturated rings. The lowest BCUT2D eigenvalue weighted by Crippen LogP contribution is -2.21. The van der Waals surface area contributed by atoms with Crippen LogP contribution in [0.5, 0.6) is 11.5 Å². The molecule has 1 amide bonds. The first-order chi connectivity index (χ1) is 12.9. The summed E-state index contributed by atoms with van der Waals surface area (Å²) >= 11 is 6.23. The smallest absolute Gasteiger partial charge is 0.339 e. The van der Waals surface area contributed by atoms with Gasteiger partial charge in [-0.1, -0.05) is 11.6 Å². The van der Waals surface area contributed by atoms with E-state index in [4.69, 9.17) is 25.8 Å². The zero-order valence-electron chi connectivity index (χ0n) is 15.4. The molecular weight excluding hydrogens is 372 g/mol. The number of esters is 1. The highest BCUT2D eigenvalue weighted by atomic mass is 35.5. The van der Waals surface area contributed by atoms with Crippen molar-refractivity contribution in [3.63, 3.8) is 0 Å². The molecule has 0 bridgehead atoms. The lowest BCUT2D eigenvalue weighted by molar-refractivity contribution is -0.116. The van der Waals surface area contributed by atoms with Gasteiger partial charge in [-0.25, -0.2) is 4.79 Å². The summed E-state index contributed by atoms with van der Waals surface area (Å²) in [4.78, 5) is 24.5. The summed E-state index contributed by atoms with van der Waals surface area (Å²) in [5, 5.41) is 3.15. The van der Waals surface area contributed by atoms with Crippen LogP contribution in [0, 0.1) is 13.8 Å². The molecule has 27 heavy (non-hydrogen) atoms. The fraction of sp³-hybridized carbons (Fsp3) is 0.368. The number of fused-ring (bicyclic) bond motifs is 1. The number of carbonyl (C=O) groups is 2. The first kappa shape index (κ1) is 19.1. The van der Waals surface area contributed by atoms with Crippen molar-refractivity contribution in [3.05, 3.63) is 40.2 Å². The van der Waals surface area contributed by atoms with E-state index in [0.717, 1.165) is 5.69 Å². The van der Waals surface area contributed by atoms with Crippen molar-refractivity contribution >= 4 is 29.2 Å². The number of halogens is 1. The van der Waals surface area contributed by atoms with Crippen molar-refractivity contribution in [2.75, 3.05) is 25.1 Å². The predicted molar refractivity (Wildman–Crippen MR) is 101 cm³/mol. The van der Waals surface area contributed by atoms with Gasteiger partial charge in [0.2, 0.25) is 5.91 Å². The summed E-state index contributed by atoms with van der Waals surface area (Å²) in [7, 11) is 0. The van der Waals surface area contributed by atoms with Gasteiger partial charge < -0.3 is 24.1 Å². The van der Waals surface area contributed by atoms with Crippen LogP contribution >= 0.6 is 11.6 Å². The summed E-state index contributed by atoms with van der Waals surface area (Å²) in [6.45, 7) is 6.61. The van der Waals surface area contributed by atoms with E-state index >= 15 is 0 Å². The van der Waals surface area contributed by atoms with E-state index in [2.05, 4.69) is 5.32 Å². The third-order valence-electron chi connectivity index (χ3n) is 4.28. The molecule has 0 unspecified atom stereocenters. The van der Waals surface area contributed by atoms with Gasteiger partial charge in [0.05, 0.1) is 22.9 Å². The minimum absolute atomic E-state index is 0.0435. The number of anilines is 1. The van der Waals surface area contributed by atoms with Crippen molar-refractivity contribution in [2.24, 2.45) is 0 Å². The molecular formula is C19H21ClN2O5. The van der Waals surface area contributed by atoms with Gasteiger partial charge >= 0.3 is 5.97 Å². The molecule has 1 aliphatic heterocycles. The highest BCUT2D eigenvalue weighted by Gasteiger charge is 2.20. The first-order valence-corrected chi connectivity index (χ1v) is 9.01. The van der Waals surface area contributed by atoms with E-state index in [1.807, 2.05) is 6.92 Å². The van der Waals surface area contributed by atoms with E-state index < -0.39 is 5.97 Å². The zero-order chi connectivity index (χ0) is 19.6. The first-order valence-electron chi connectivity index (χ1n) is 8.63. The Morgan fingerprint density at radius 3 is 2.52 bits per heavy atom. The Labute approximate surface area is 162 Å². The minimum Gasteiger partial charge on any atom is -0.486 e. The number of rotatable bonds is 5. The van der Waals surface area contributed by atoms with Crippen molar-refractivity contribution in [2.45, 2.75) is 27.3 Å². The number of aromatic nitrogens is 1. The lowest BCUT2D eigenvalue weighted by atomic mass is 10.2. The molecule has 2 heterocycles. The number of amides is 1. The van der Waals surface area contributed by atoms with Crippen LogP contribution < -0.4 is 14.8 Å². The van der Waals surface area contributed by atoms with Crippen molar-refractivity contribution < 1.29 is 23.8 Å². The summed E-state index contributed by atoms with van der Waals surface area (Å²) in [6, 6.07) is 4.99. The van der Waals surface area contributed by atoms with Crippen LogP contribution in [-0.4, -0.2) is 36.3 Å². The number of nitrogens with one attached hydrogen (secondary N) is 1. The van der Waals surface area contributed by atoms with Gasteiger partial charge in [-0.2, -0.15) is 0 Å². The fourth-order valence-corrected chi connectivity index (χ4v) is 3.15. The van der Waals surface area contributed by atoms with Gasteiger partial charge in [-0.05, 0) is 26.8 Å². The number of carbonyl (C=O) groups excluding carboxylic acids is 2. The normalized spacial score (nSPS) is 12.6. The Morgan fingerprint density at radius 1 is 1.19 bits per heavy atom. The van der Waals surface area contributed by atoms with Crippen LogP contribution in [0.4, 0.5) is 5.69 Å². The molecule has 8 heteroatoms. The summed E-state index contributed by atoms with van der Waals surface area (Å²) in [5.74, 6) is 0.428. The number of benzene rings is 1. The average Bonchev–Trinajstić information content (AvgIpc) is 2.91. The Morgan fingerprint density at radius 2 is 1.85 bits per heavy atom. The number of hydrogen-bond acceptors (Lipinski definition) is 5. The van der Waals surface area contributed by atoms with Crippen LogP contribution in [0.15, 0.2) is 18.2 Å². The van der Waals surface area contributed by atoms with Gasteiger partial charge in [0, 0.05) is 23.5 Å². The number of hydrogen-bond donors (Lipinski definition) is 1. The van der Waals surface area contributed by atoms with Gasteiger partial charge in [-0.3, -0.25) is 4.79 Å². The average molecular weight is 393 g/mol. The number of nitrogens with zero attached hydrogens (tertiary/aromatic N) is 1. The molecule has 7 nitrogen and oxygen atoms in total. The number of ether oxygens (including phenoxy) is 3. The van der Waals surface area contributed by atoms with Gasteiger partial charge in [0.15, 0.2) is 11.5 Å². The van der Waals surface area contributed by atoms with Crippen molar-refractivity contribution in [1.29, 1.82) is 0 Å². The van der Waals surface area contributed by atoms with Crippen LogP contribution in [0.25, 0.3) is 0 Å². The third-order valence-corrected chi connectivity index (χ3v) is 4.59. The SMILES string of the molecule is CCOC(=O)c1cc(C)n(CC(=O)Nc2cc3c(cc2Cl)OCCO3)c1C. The maximum absolute atomic E-state index is 12.5.